The van der Waals surface area contributed by atoms with Gasteiger partial charge in [-0.3, -0.25) is 0 Å². The van der Waals surface area contributed by atoms with Crippen molar-refractivity contribution in [3.8, 4) is 0 Å². The summed E-state index contributed by atoms with van der Waals surface area (Å²) in [5.74, 6) is 0.669. The van der Waals surface area contributed by atoms with E-state index in [0.717, 1.165) is 6.54 Å². The molecule has 16 heavy (non-hydrogen) atoms. The zero-order chi connectivity index (χ0) is 12.0. The molecule has 0 spiro atoms. The van der Waals surface area contributed by atoms with Crippen LogP contribution in [0, 0.1) is 5.92 Å². The summed E-state index contributed by atoms with van der Waals surface area (Å²) in [6.07, 6.45) is 0. The first-order chi connectivity index (χ1) is 7.63. The highest BCUT2D eigenvalue weighted by Crippen LogP contribution is 2.07. The summed E-state index contributed by atoms with van der Waals surface area (Å²) in [7, 11) is 1.73. The highest BCUT2D eigenvalue weighted by Gasteiger charge is 2.05. The van der Waals surface area contributed by atoms with Crippen LogP contribution in [-0.2, 0) is 17.9 Å². The molecule has 0 aliphatic carbocycles. The normalized spacial score (nSPS) is 13.1. The van der Waals surface area contributed by atoms with Crippen LogP contribution >= 0.6 is 0 Å². The molecule has 1 N–H and O–H groups in total. The van der Waals surface area contributed by atoms with E-state index in [-0.39, 0.29) is 0 Å². The van der Waals surface area contributed by atoms with Gasteiger partial charge in [0.1, 0.15) is 0 Å². The molecule has 0 saturated carbocycles. The van der Waals surface area contributed by atoms with Gasteiger partial charge >= 0.3 is 0 Å². The van der Waals surface area contributed by atoms with E-state index in [2.05, 4.69) is 50.4 Å². The Labute approximate surface area is 99.0 Å². The molecule has 2 heteroatoms. The van der Waals surface area contributed by atoms with E-state index >= 15 is 0 Å². The predicted molar refractivity (Wildman–Crippen MR) is 68.3 cm³/mol. The summed E-state index contributed by atoms with van der Waals surface area (Å²) in [6, 6.07) is 9.08. The van der Waals surface area contributed by atoms with Gasteiger partial charge in [-0.05, 0) is 24.0 Å². The van der Waals surface area contributed by atoms with Crippen LogP contribution in [0.25, 0.3) is 0 Å². The van der Waals surface area contributed by atoms with Crippen LogP contribution in [0.2, 0.25) is 0 Å². The van der Waals surface area contributed by atoms with Gasteiger partial charge in [0.05, 0.1) is 6.61 Å². The van der Waals surface area contributed by atoms with Gasteiger partial charge in [0, 0.05) is 19.7 Å². The fraction of sp³-hybridized carbons (Fsp3) is 0.571. The molecule has 0 saturated heterocycles. The Morgan fingerprint density at radius 1 is 1.19 bits per heavy atom. The third-order valence-corrected chi connectivity index (χ3v) is 2.93. The number of hydrogen-bond donors (Lipinski definition) is 1. The van der Waals surface area contributed by atoms with Crippen molar-refractivity contribution < 1.29 is 4.74 Å². The topological polar surface area (TPSA) is 21.3 Å². The van der Waals surface area contributed by atoms with E-state index in [1.807, 2.05) is 0 Å². The number of rotatable bonds is 6. The molecule has 0 aliphatic heterocycles. The quantitative estimate of drug-likeness (QED) is 0.797. The molecule has 1 unspecified atom stereocenters. The zero-order valence-corrected chi connectivity index (χ0v) is 10.8. The van der Waals surface area contributed by atoms with E-state index in [9.17, 15) is 0 Å². The molecule has 0 aliphatic rings. The molecular weight excluding hydrogens is 198 g/mol. The average molecular weight is 221 g/mol. The lowest BCUT2D eigenvalue weighted by Crippen LogP contribution is -2.30. The summed E-state index contributed by atoms with van der Waals surface area (Å²) in [6.45, 7) is 8.31. The van der Waals surface area contributed by atoms with Crippen molar-refractivity contribution in [2.75, 3.05) is 7.11 Å². The Bertz CT molecular complexity index is 309. The zero-order valence-electron chi connectivity index (χ0n) is 10.8. The highest BCUT2D eigenvalue weighted by molar-refractivity contribution is 5.22. The molecule has 2 nitrogen and oxygen atoms in total. The minimum absolute atomic E-state index is 0.547. The molecular formula is C14H23NO. The molecule has 1 atom stereocenters. The van der Waals surface area contributed by atoms with Gasteiger partial charge in [0.2, 0.25) is 0 Å². The maximum Gasteiger partial charge on any atom is 0.0713 e. The first kappa shape index (κ1) is 13.2. The first-order valence-corrected chi connectivity index (χ1v) is 5.93. The van der Waals surface area contributed by atoms with Gasteiger partial charge < -0.3 is 10.1 Å². The van der Waals surface area contributed by atoms with E-state index in [4.69, 9.17) is 4.74 Å². The Hall–Kier alpha value is -0.860. The van der Waals surface area contributed by atoms with Crippen molar-refractivity contribution in [2.24, 2.45) is 5.92 Å². The number of methoxy groups -OCH3 is 1. The smallest absolute Gasteiger partial charge is 0.0713 e. The molecule has 0 amide bonds. The largest absolute Gasteiger partial charge is 0.380 e. The van der Waals surface area contributed by atoms with Crippen molar-refractivity contribution in [3.63, 3.8) is 0 Å². The van der Waals surface area contributed by atoms with Crippen molar-refractivity contribution >= 4 is 0 Å². The van der Waals surface area contributed by atoms with Crippen LogP contribution in [0.15, 0.2) is 24.3 Å². The molecule has 1 aromatic rings. The van der Waals surface area contributed by atoms with Gasteiger partial charge in [-0.1, -0.05) is 38.1 Å². The molecule has 90 valence electrons. The van der Waals surface area contributed by atoms with Gasteiger partial charge in [0.15, 0.2) is 0 Å². The summed E-state index contributed by atoms with van der Waals surface area (Å²) >= 11 is 0. The van der Waals surface area contributed by atoms with Gasteiger partial charge in [-0.25, -0.2) is 0 Å². The molecule has 0 aromatic heterocycles. The fourth-order valence-electron chi connectivity index (χ4n) is 1.51. The van der Waals surface area contributed by atoms with Crippen molar-refractivity contribution in [3.05, 3.63) is 35.4 Å². The molecule has 0 radical (unpaired) electrons. The molecule has 1 aromatic carbocycles. The third kappa shape index (κ3) is 4.33. The van der Waals surface area contributed by atoms with Crippen LogP contribution in [0.1, 0.15) is 31.9 Å². The number of ether oxygens (including phenoxy) is 1. The SMILES string of the molecule is COCc1cccc(CNC(C)C(C)C)c1. The minimum Gasteiger partial charge on any atom is -0.380 e. The van der Waals surface area contributed by atoms with Crippen LogP contribution in [-0.4, -0.2) is 13.2 Å². The molecule has 0 fully saturated rings. The molecule has 0 heterocycles. The average Bonchev–Trinajstić information content (AvgIpc) is 2.26. The maximum absolute atomic E-state index is 5.13. The second-order valence-corrected chi connectivity index (χ2v) is 4.67. The Morgan fingerprint density at radius 2 is 1.88 bits per heavy atom. The van der Waals surface area contributed by atoms with E-state index in [1.54, 1.807) is 7.11 Å². The lowest BCUT2D eigenvalue weighted by atomic mass is 10.1. The van der Waals surface area contributed by atoms with Crippen molar-refractivity contribution in [2.45, 2.75) is 40.0 Å². The molecule has 1 rings (SSSR count). The predicted octanol–water partition coefficient (Wildman–Crippen LogP) is 2.97. The van der Waals surface area contributed by atoms with Crippen molar-refractivity contribution in [1.82, 2.24) is 5.32 Å². The monoisotopic (exact) mass is 221 g/mol. The maximum atomic E-state index is 5.13. The van der Waals surface area contributed by atoms with Crippen LogP contribution in [0.5, 0.6) is 0 Å². The fourth-order valence-corrected chi connectivity index (χ4v) is 1.51. The van der Waals surface area contributed by atoms with E-state index in [1.165, 1.54) is 11.1 Å². The van der Waals surface area contributed by atoms with Crippen molar-refractivity contribution in [1.29, 1.82) is 0 Å². The number of benzene rings is 1. The summed E-state index contributed by atoms with van der Waals surface area (Å²) in [5, 5.41) is 3.53. The van der Waals surface area contributed by atoms with Gasteiger partial charge in [-0.15, -0.1) is 0 Å². The van der Waals surface area contributed by atoms with Crippen LogP contribution < -0.4 is 5.32 Å². The summed E-state index contributed by atoms with van der Waals surface area (Å²) in [4.78, 5) is 0. The third-order valence-electron chi connectivity index (χ3n) is 2.93. The second-order valence-electron chi connectivity index (χ2n) is 4.67. The first-order valence-electron chi connectivity index (χ1n) is 5.93. The Balaban J connectivity index is 2.50. The Morgan fingerprint density at radius 3 is 2.50 bits per heavy atom. The lowest BCUT2D eigenvalue weighted by Gasteiger charge is -2.17. The Kier molecular flexibility index (Phi) is 5.50. The van der Waals surface area contributed by atoms with Gasteiger partial charge in [0.25, 0.3) is 0 Å². The van der Waals surface area contributed by atoms with E-state index < -0.39 is 0 Å². The minimum atomic E-state index is 0.547. The standard InChI is InChI=1S/C14H23NO/c1-11(2)12(3)15-9-13-6-5-7-14(8-13)10-16-4/h5-8,11-12,15H,9-10H2,1-4H3. The van der Waals surface area contributed by atoms with Crippen LogP contribution in [0.3, 0.4) is 0 Å². The number of hydrogen-bond acceptors (Lipinski definition) is 2. The van der Waals surface area contributed by atoms with Crippen LogP contribution in [0.4, 0.5) is 0 Å². The van der Waals surface area contributed by atoms with Gasteiger partial charge in [-0.2, -0.15) is 0 Å². The lowest BCUT2D eigenvalue weighted by molar-refractivity contribution is 0.185. The molecule has 0 bridgehead atoms. The number of nitrogens with one attached hydrogen (secondary N) is 1. The summed E-state index contributed by atoms with van der Waals surface area (Å²) in [5.41, 5.74) is 2.56. The second kappa shape index (κ2) is 6.66. The van der Waals surface area contributed by atoms with E-state index in [0.29, 0.717) is 18.6 Å². The highest BCUT2D eigenvalue weighted by atomic mass is 16.5. The summed E-state index contributed by atoms with van der Waals surface area (Å²) < 4.78 is 5.13.